The summed E-state index contributed by atoms with van der Waals surface area (Å²) in [6.07, 6.45) is 5.31. The number of imide groups is 1. The van der Waals surface area contributed by atoms with E-state index >= 15 is 0 Å². The van der Waals surface area contributed by atoms with Crippen molar-refractivity contribution in [3.8, 4) is 0 Å². The maximum Gasteiger partial charge on any atom is 0.330 e. The summed E-state index contributed by atoms with van der Waals surface area (Å²) < 4.78 is 5.36. The highest BCUT2D eigenvalue weighted by Gasteiger charge is 2.68. The number of amides is 2. The number of aryl methyl sites for hydroxylation is 2. The highest BCUT2D eigenvalue weighted by atomic mass is 16.5. The Labute approximate surface area is 188 Å². The fourth-order valence-corrected chi connectivity index (χ4v) is 6.15. The molecule has 6 rings (SSSR count). The first-order valence-electron chi connectivity index (χ1n) is 11.5. The third-order valence-corrected chi connectivity index (χ3v) is 8.02. The highest BCUT2D eigenvalue weighted by Crippen LogP contribution is 2.65. The molecule has 6 heteroatoms. The molecule has 2 saturated carbocycles. The first-order chi connectivity index (χ1) is 15.2. The number of carbonyl (C=O) groups is 4. The lowest BCUT2D eigenvalue weighted by molar-refractivity contribution is -0.160. The molecular formula is C26H29NO5. The minimum Gasteiger partial charge on any atom is -0.456 e. The standard InChI is InChI=1S/C26H29NO5/c1-12(2)23(26(31)32-11-20(28)15-6-5-13(3)14(4)9-15)27-24(29)21-16-7-8-17(19-10-18(16)19)22(21)25(27)30/h5-9,12,16-19,21-23H,10-11H2,1-4H3/t16-,17-,18-,19+,21+,22+,23-/m0/s1. The average Bonchev–Trinajstić information content (AvgIpc) is 3.54. The molecule has 0 N–H and O–H groups in total. The van der Waals surface area contributed by atoms with Crippen molar-refractivity contribution in [2.24, 2.45) is 41.4 Å². The van der Waals surface area contributed by atoms with Crippen molar-refractivity contribution in [2.45, 2.75) is 40.2 Å². The normalized spacial score (nSPS) is 32.7. The fraction of sp³-hybridized carbons (Fsp3) is 0.538. The Hall–Kier alpha value is -2.76. The van der Waals surface area contributed by atoms with Crippen LogP contribution in [-0.2, 0) is 19.1 Å². The minimum atomic E-state index is -1.01. The summed E-state index contributed by atoms with van der Waals surface area (Å²) in [5.74, 6) is -1.31. The monoisotopic (exact) mass is 435 g/mol. The number of hydrogen-bond acceptors (Lipinski definition) is 5. The van der Waals surface area contributed by atoms with E-state index in [4.69, 9.17) is 4.74 Å². The van der Waals surface area contributed by atoms with Crippen LogP contribution in [0, 0.1) is 55.3 Å². The number of allylic oxidation sites excluding steroid dienone is 2. The van der Waals surface area contributed by atoms with Gasteiger partial charge in [0.15, 0.2) is 12.4 Å². The molecule has 1 aliphatic heterocycles. The summed E-state index contributed by atoms with van der Waals surface area (Å²) in [7, 11) is 0. The third-order valence-electron chi connectivity index (χ3n) is 8.02. The molecule has 1 saturated heterocycles. The second-order valence-electron chi connectivity index (χ2n) is 10.2. The molecule has 32 heavy (non-hydrogen) atoms. The molecule has 0 radical (unpaired) electrons. The molecule has 6 nitrogen and oxygen atoms in total. The van der Waals surface area contributed by atoms with E-state index in [2.05, 4.69) is 12.2 Å². The van der Waals surface area contributed by atoms with Gasteiger partial charge in [-0.05, 0) is 67.1 Å². The zero-order chi connectivity index (χ0) is 22.9. The number of nitrogens with zero attached hydrogens (tertiary/aromatic N) is 1. The smallest absolute Gasteiger partial charge is 0.330 e. The van der Waals surface area contributed by atoms with E-state index in [0.29, 0.717) is 17.4 Å². The number of ketones is 1. The van der Waals surface area contributed by atoms with Gasteiger partial charge in [-0.3, -0.25) is 19.3 Å². The summed E-state index contributed by atoms with van der Waals surface area (Å²) >= 11 is 0. The van der Waals surface area contributed by atoms with Gasteiger partial charge in [0.25, 0.3) is 0 Å². The largest absolute Gasteiger partial charge is 0.456 e. The van der Waals surface area contributed by atoms with Gasteiger partial charge < -0.3 is 4.74 Å². The summed E-state index contributed by atoms with van der Waals surface area (Å²) in [5.41, 5.74) is 2.54. The molecule has 0 aromatic heterocycles. The van der Waals surface area contributed by atoms with E-state index in [9.17, 15) is 19.2 Å². The van der Waals surface area contributed by atoms with E-state index < -0.39 is 18.6 Å². The Bertz CT molecular complexity index is 1020. The molecule has 168 valence electrons. The van der Waals surface area contributed by atoms with Crippen molar-refractivity contribution in [3.05, 3.63) is 47.0 Å². The quantitative estimate of drug-likeness (QED) is 0.297. The molecule has 7 atom stereocenters. The molecular weight excluding hydrogens is 406 g/mol. The van der Waals surface area contributed by atoms with Crippen molar-refractivity contribution < 1.29 is 23.9 Å². The van der Waals surface area contributed by atoms with Crippen LogP contribution in [0.15, 0.2) is 30.4 Å². The zero-order valence-electron chi connectivity index (χ0n) is 18.9. The Morgan fingerprint density at radius 3 is 2.12 bits per heavy atom. The van der Waals surface area contributed by atoms with Gasteiger partial charge in [-0.1, -0.05) is 38.1 Å². The molecule has 1 heterocycles. The van der Waals surface area contributed by atoms with Gasteiger partial charge in [-0.15, -0.1) is 0 Å². The Morgan fingerprint density at radius 1 is 1.00 bits per heavy atom. The lowest BCUT2D eigenvalue weighted by Gasteiger charge is -2.37. The van der Waals surface area contributed by atoms with E-state index in [1.165, 1.54) is 4.90 Å². The SMILES string of the molecule is Cc1ccc(C(=O)COC(=O)[C@H](C(C)C)N2C(=O)[C@@H]3[C@H]4C=C[C@@H]([C@@H]5C[C@H]45)[C@H]3C2=O)cc1C. The van der Waals surface area contributed by atoms with Gasteiger partial charge in [0.1, 0.15) is 6.04 Å². The molecule has 0 spiro atoms. The predicted octanol–water partition coefficient (Wildman–Crippen LogP) is 3.11. The van der Waals surface area contributed by atoms with Gasteiger partial charge in [0.2, 0.25) is 11.8 Å². The first kappa shape index (κ1) is 21.1. The zero-order valence-corrected chi connectivity index (χ0v) is 18.9. The maximum absolute atomic E-state index is 13.4. The van der Waals surface area contributed by atoms with Crippen LogP contribution in [0.3, 0.4) is 0 Å². The number of likely N-dealkylation sites (tertiary alicyclic amines) is 1. The number of carbonyl (C=O) groups excluding carboxylic acids is 4. The molecule has 1 aromatic carbocycles. The van der Waals surface area contributed by atoms with Crippen LogP contribution in [0.1, 0.15) is 41.8 Å². The van der Waals surface area contributed by atoms with Crippen molar-refractivity contribution in [1.29, 1.82) is 0 Å². The van der Waals surface area contributed by atoms with Crippen LogP contribution in [0.5, 0.6) is 0 Å². The van der Waals surface area contributed by atoms with Gasteiger partial charge in [-0.2, -0.15) is 0 Å². The van der Waals surface area contributed by atoms with Crippen molar-refractivity contribution in [3.63, 3.8) is 0 Å². The molecule has 2 bridgehead atoms. The van der Waals surface area contributed by atoms with Gasteiger partial charge in [0, 0.05) is 5.56 Å². The summed E-state index contributed by atoms with van der Waals surface area (Å²) in [4.78, 5) is 53.5. The Balaban J connectivity index is 1.32. The topological polar surface area (TPSA) is 80.8 Å². The molecule has 1 aromatic rings. The summed E-state index contributed by atoms with van der Waals surface area (Å²) in [5, 5.41) is 0. The van der Waals surface area contributed by atoms with Gasteiger partial charge in [0.05, 0.1) is 11.8 Å². The van der Waals surface area contributed by atoms with E-state index in [0.717, 1.165) is 17.5 Å². The Kier molecular flexibility index (Phi) is 4.88. The van der Waals surface area contributed by atoms with Crippen LogP contribution < -0.4 is 0 Å². The third kappa shape index (κ3) is 3.06. The van der Waals surface area contributed by atoms with Crippen molar-refractivity contribution in [1.82, 2.24) is 4.90 Å². The Morgan fingerprint density at radius 2 is 1.59 bits per heavy atom. The van der Waals surface area contributed by atoms with E-state index in [1.807, 2.05) is 19.9 Å². The first-order valence-corrected chi connectivity index (χ1v) is 11.5. The predicted molar refractivity (Wildman–Crippen MR) is 116 cm³/mol. The number of esters is 1. The number of hydrogen-bond donors (Lipinski definition) is 0. The summed E-state index contributed by atoms with van der Waals surface area (Å²) in [6, 6.07) is 4.34. The minimum absolute atomic E-state index is 0.103. The number of Topliss-reactive ketones (excluding diaryl/α,β-unsaturated/α-hetero) is 1. The van der Waals surface area contributed by atoms with Gasteiger partial charge >= 0.3 is 5.97 Å². The number of benzene rings is 1. The van der Waals surface area contributed by atoms with Gasteiger partial charge in [-0.25, -0.2) is 4.79 Å². The second-order valence-corrected chi connectivity index (χ2v) is 10.2. The molecule has 2 amide bonds. The fourth-order valence-electron chi connectivity index (χ4n) is 6.15. The van der Waals surface area contributed by atoms with E-state index in [-0.39, 0.29) is 47.2 Å². The van der Waals surface area contributed by atoms with Crippen LogP contribution in [0.4, 0.5) is 0 Å². The molecule has 4 aliphatic carbocycles. The van der Waals surface area contributed by atoms with Crippen LogP contribution >= 0.6 is 0 Å². The van der Waals surface area contributed by atoms with Crippen molar-refractivity contribution in [2.75, 3.05) is 6.61 Å². The second kappa shape index (κ2) is 7.39. The highest BCUT2D eigenvalue weighted by molar-refractivity contribution is 6.09. The molecule has 0 unspecified atom stereocenters. The lowest BCUT2D eigenvalue weighted by atomic mass is 9.63. The number of rotatable bonds is 6. The molecule has 5 aliphatic rings. The van der Waals surface area contributed by atoms with Crippen LogP contribution in [0.25, 0.3) is 0 Å². The average molecular weight is 436 g/mol. The van der Waals surface area contributed by atoms with E-state index in [1.54, 1.807) is 26.0 Å². The summed E-state index contributed by atoms with van der Waals surface area (Å²) in [6.45, 7) is 7.06. The lowest BCUT2D eigenvalue weighted by Crippen LogP contribution is -2.49. The number of ether oxygens (including phenoxy) is 1. The molecule has 3 fully saturated rings. The van der Waals surface area contributed by atoms with Crippen LogP contribution in [-0.4, -0.2) is 41.1 Å². The van der Waals surface area contributed by atoms with Crippen molar-refractivity contribution >= 4 is 23.6 Å². The van der Waals surface area contributed by atoms with Crippen LogP contribution in [0.2, 0.25) is 0 Å². The maximum atomic E-state index is 13.4.